The lowest BCUT2D eigenvalue weighted by molar-refractivity contribution is 0.183. The molecule has 5 rings (SSSR count). The molecule has 0 aliphatic heterocycles. The minimum atomic E-state index is -3.78. The van der Waals surface area contributed by atoms with E-state index in [1.54, 1.807) is 0 Å². The van der Waals surface area contributed by atoms with Gasteiger partial charge in [0.2, 0.25) is 0 Å². The van der Waals surface area contributed by atoms with Crippen molar-refractivity contribution in [2.75, 3.05) is 38.5 Å². The van der Waals surface area contributed by atoms with Gasteiger partial charge in [0.15, 0.2) is 8.32 Å². The molecule has 256 valence electrons. The summed E-state index contributed by atoms with van der Waals surface area (Å²) in [6.45, 7) is 8.57. The molecule has 0 unspecified atom stereocenters. The van der Waals surface area contributed by atoms with E-state index in [0.717, 1.165) is 50.3 Å². The van der Waals surface area contributed by atoms with Crippen LogP contribution in [0.15, 0.2) is 91.0 Å². The third kappa shape index (κ3) is 8.58. The van der Waals surface area contributed by atoms with E-state index in [-0.39, 0.29) is 6.10 Å². The molecule has 0 amide bonds. The SMILES string of the molecule is CC[Si](CC)(CC)O[C@@H](CNCCOc1ccc2c(c1)[nH]c1ccccc12)c1ccc(OCc2ccccc2)c(NS(=O)(=O)N(C)C)c1. The summed E-state index contributed by atoms with van der Waals surface area (Å²) in [6.07, 6.45) is -0.287. The third-order valence-corrected chi connectivity index (χ3v) is 15.1. The molecule has 5 aromatic rings. The molecule has 0 saturated carbocycles. The average Bonchev–Trinajstić information content (AvgIpc) is 3.47. The number of nitrogens with zero attached hydrogens (tertiary/aromatic N) is 1. The maximum absolute atomic E-state index is 13.0. The van der Waals surface area contributed by atoms with Crippen LogP contribution < -0.4 is 19.5 Å². The van der Waals surface area contributed by atoms with Crippen LogP contribution >= 0.6 is 0 Å². The highest BCUT2D eigenvalue weighted by molar-refractivity contribution is 7.90. The highest BCUT2D eigenvalue weighted by Crippen LogP contribution is 2.35. The predicted molar refractivity (Wildman–Crippen MR) is 199 cm³/mol. The molecule has 0 saturated heterocycles. The van der Waals surface area contributed by atoms with Crippen molar-refractivity contribution in [2.24, 2.45) is 0 Å². The molecule has 0 fully saturated rings. The molecule has 11 heteroatoms. The van der Waals surface area contributed by atoms with Crippen molar-refractivity contribution in [1.29, 1.82) is 0 Å². The summed E-state index contributed by atoms with van der Waals surface area (Å²) >= 11 is 0. The van der Waals surface area contributed by atoms with E-state index in [4.69, 9.17) is 13.9 Å². The number of rotatable bonds is 18. The standard InChI is InChI=1S/C37H48N4O5SSi/c1-6-48(7-2,8-3)46-37(26-38-22-23-44-30-19-20-32-31-16-12-13-17-33(31)39-34(32)25-30)29-18-21-36(45-27-28-14-10-9-11-15-28)35(24-29)40-47(42,43)41(4)5/h9-21,24-25,37-40H,6-8,22-23,26-27H2,1-5H3/t37-/m0/s1. The summed E-state index contributed by atoms with van der Waals surface area (Å²) in [5.74, 6) is 1.26. The Labute approximate surface area is 285 Å². The van der Waals surface area contributed by atoms with Crippen LogP contribution in [0.5, 0.6) is 11.5 Å². The quantitative estimate of drug-likeness (QED) is 0.0640. The van der Waals surface area contributed by atoms with E-state index in [1.807, 2.05) is 72.8 Å². The fourth-order valence-electron chi connectivity index (χ4n) is 5.85. The summed E-state index contributed by atoms with van der Waals surface area (Å²) in [4.78, 5) is 3.47. The number of hydrogen-bond donors (Lipinski definition) is 3. The molecular weight excluding hydrogens is 641 g/mol. The Balaban J connectivity index is 1.32. The highest BCUT2D eigenvalue weighted by atomic mass is 32.2. The average molecular weight is 689 g/mol. The van der Waals surface area contributed by atoms with Crippen LogP contribution in [-0.2, 0) is 21.2 Å². The summed E-state index contributed by atoms with van der Waals surface area (Å²) < 4.78 is 49.1. The van der Waals surface area contributed by atoms with E-state index < -0.39 is 18.5 Å². The summed E-state index contributed by atoms with van der Waals surface area (Å²) in [6, 6.07) is 32.9. The summed E-state index contributed by atoms with van der Waals surface area (Å²) in [5, 5.41) is 5.92. The van der Waals surface area contributed by atoms with Crippen molar-refractivity contribution in [3.63, 3.8) is 0 Å². The van der Waals surface area contributed by atoms with Gasteiger partial charge in [0, 0.05) is 49.5 Å². The molecule has 0 bridgehead atoms. The van der Waals surface area contributed by atoms with Gasteiger partial charge >= 0.3 is 10.2 Å². The van der Waals surface area contributed by atoms with Gasteiger partial charge in [-0.1, -0.05) is 75.4 Å². The van der Waals surface area contributed by atoms with Gasteiger partial charge in [-0.2, -0.15) is 12.7 Å². The van der Waals surface area contributed by atoms with Crippen molar-refractivity contribution < 1.29 is 22.3 Å². The van der Waals surface area contributed by atoms with Gasteiger partial charge in [0.25, 0.3) is 0 Å². The van der Waals surface area contributed by atoms with E-state index >= 15 is 0 Å². The van der Waals surface area contributed by atoms with Crippen LogP contribution in [0.3, 0.4) is 0 Å². The van der Waals surface area contributed by atoms with E-state index in [9.17, 15) is 8.42 Å². The molecule has 48 heavy (non-hydrogen) atoms. The molecule has 0 radical (unpaired) electrons. The number of H-pyrrole nitrogens is 1. The minimum absolute atomic E-state index is 0.287. The Kier molecular flexibility index (Phi) is 11.8. The zero-order chi connectivity index (χ0) is 34.1. The van der Waals surface area contributed by atoms with Gasteiger partial charge in [-0.15, -0.1) is 0 Å². The van der Waals surface area contributed by atoms with Crippen LogP contribution in [0.2, 0.25) is 18.1 Å². The molecule has 3 N–H and O–H groups in total. The van der Waals surface area contributed by atoms with E-state index in [1.165, 1.54) is 24.9 Å². The number of benzene rings is 4. The third-order valence-electron chi connectivity index (χ3n) is 9.01. The summed E-state index contributed by atoms with van der Waals surface area (Å²) in [5.41, 5.74) is 4.40. The molecule has 1 aromatic heterocycles. The number of aromatic amines is 1. The number of para-hydroxylation sites is 1. The molecule has 4 aromatic carbocycles. The van der Waals surface area contributed by atoms with Gasteiger partial charge in [-0.3, -0.25) is 4.72 Å². The van der Waals surface area contributed by atoms with Crippen LogP contribution in [0.25, 0.3) is 21.8 Å². The van der Waals surface area contributed by atoms with Crippen molar-refractivity contribution in [3.8, 4) is 11.5 Å². The Hall–Kier alpha value is -3.87. The zero-order valence-electron chi connectivity index (χ0n) is 28.6. The number of hydrogen-bond acceptors (Lipinski definition) is 6. The van der Waals surface area contributed by atoms with E-state index in [2.05, 4.69) is 54.0 Å². The van der Waals surface area contributed by atoms with Gasteiger partial charge in [0.05, 0.1) is 17.3 Å². The first-order valence-electron chi connectivity index (χ1n) is 16.7. The first kappa shape index (κ1) is 35.4. The predicted octanol–water partition coefficient (Wildman–Crippen LogP) is 7.85. The normalized spacial score (nSPS) is 12.9. The number of aromatic nitrogens is 1. The smallest absolute Gasteiger partial charge is 0.301 e. The number of anilines is 1. The molecule has 0 spiro atoms. The van der Waals surface area contributed by atoms with Crippen LogP contribution in [-0.4, -0.2) is 59.8 Å². The Bertz CT molecular complexity index is 1890. The molecule has 1 atom stereocenters. The maximum atomic E-state index is 13.0. The first-order valence-corrected chi connectivity index (χ1v) is 20.7. The minimum Gasteiger partial charge on any atom is -0.492 e. The van der Waals surface area contributed by atoms with Crippen molar-refractivity contribution in [1.82, 2.24) is 14.6 Å². The zero-order valence-corrected chi connectivity index (χ0v) is 30.4. The van der Waals surface area contributed by atoms with Gasteiger partial charge in [-0.25, -0.2) is 0 Å². The Morgan fingerprint density at radius 2 is 1.52 bits per heavy atom. The van der Waals surface area contributed by atoms with Gasteiger partial charge in [0.1, 0.15) is 24.7 Å². The van der Waals surface area contributed by atoms with E-state index in [0.29, 0.717) is 37.7 Å². The van der Waals surface area contributed by atoms with Gasteiger partial charge < -0.3 is 24.2 Å². The topological polar surface area (TPSA) is 105 Å². The second kappa shape index (κ2) is 16.0. The lowest BCUT2D eigenvalue weighted by Crippen LogP contribution is -2.40. The van der Waals surface area contributed by atoms with Gasteiger partial charge in [-0.05, 0) is 59.6 Å². The summed E-state index contributed by atoms with van der Waals surface area (Å²) in [7, 11) is -2.82. The largest absolute Gasteiger partial charge is 0.492 e. The molecule has 0 aliphatic rings. The second-order valence-electron chi connectivity index (χ2n) is 12.2. The Morgan fingerprint density at radius 1 is 0.812 bits per heavy atom. The number of fused-ring (bicyclic) bond motifs is 3. The fourth-order valence-corrected chi connectivity index (χ4v) is 9.29. The molecular formula is C37H48N4O5SSi. The lowest BCUT2D eigenvalue weighted by Gasteiger charge is -2.34. The monoisotopic (exact) mass is 688 g/mol. The maximum Gasteiger partial charge on any atom is 0.301 e. The molecule has 9 nitrogen and oxygen atoms in total. The van der Waals surface area contributed by atoms with Crippen LogP contribution in [0.1, 0.15) is 38.0 Å². The van der Waals surface area contributed by atoms with Crippen molar-refractivity contribution in [3.05, 3.63) is 102 Å². The lowest BCUT2D eigenvalue weighted by atomic mass is 10.1. The van der Waals surface area contributed by atoms with Crippen LogP contribution in [0, 0.1) is 0 Å². The molecule has 1 heterocycles. The number of ether oxygens (including phenoxy) is 2. The fraction of sp³-hybridized carbons (Fsp3) is 0.351. The van der Waals surface area contributed by atoms with Crippen molar-refractivity contribution in [2.45, 2.75) is 51.6 Å². The number of nitrogens with one attached hydrogen (secondary N) is 3. The highest BCUT2D eigenvalue weighted by Gasteiger charge is 2.33. The first-order chi connectivity index (χ1) is 23.2. The van der Waals surface area contributed by atoms with Crippen LogP contribution in [0.4, 0.5) is 5.69 Å². The molecule has 0 aliphatic carbocycles. The second-order valence-corrected chi connectivity index (χ2v) is 18.8. The van der Waals surface area contributed by atoms with Crippen molar-refractivity contribution >= 4 is 46.0 Å². The Morgan fingerprint density at radius 3 is 2.25 bits per heavy atom.